The summed E-state index contributed by atoms with van der Waals surface area (Å²) in [5, 5.41) is 0. The highest BCUT2D eigenvalue weighted by atomic mass is 16.5. The van der Waals surface area contributed by atoms with E-state index in [4.69, 9.17) is 9.47 Å². The van der Waals surface area contributed by atoms with Gasteiger partial charge in [-0.15, -0.1) is 0 Å². The first-order valence-electron chi connectivity index (χ1n) is 9.26. The minimum absolute atomic E-state index is 0.0209. The molecule has 29 heavy (non-hydrogen) atoms. The van der Waals surface area contributed by atoms with E-state index in [2.05, 4.69) is 19.9 Å². The standard InChI is InChI=1S/C20H22N6O3/c1-28-16-4-3-15(11-17(16)29-2)20(27)25-9-7-24(8-10-25)18-12-19(23-13-22-18)26-6-5-21-14-26/h3-6,11-14H,7-10H2,1-2H3. The number of piperazine rings is 1. The number of amides is 1. The number of aromatic nitrogens is 4. The minimum Gasteiger partial charge on any atom is -0.493 e. The van der Waals surface area contributed by atoms with Gasteiger partial charge in [-0.2, -0.15) is 0 Å². The lowest BCUT2D eigenvalue weighted by Crippen LogP contribution is -2.49. The molecular weight excluding hydrogens is 372 g/mol. The van der Waals surface area contributed by atoms with Crippen LogP contribution in [0, 0.1) is 0 Å². The van der Waals surface area contributed by atoms with Gasteiger partial charge in [0.15, 0.2) is 11.5 Å². The smallest absolute Gasteiger partial charge is 0.254 e. The van der Waals surface area contributed by atoms with Crippen LogP contribution < -0.4 is 14.4 Å². The van der Waals surface area contributed by atoms with Crippen molar-refractivity contribution in [3.63, 3.8) is 0 Å². The molecule has 150 valence electrons. The third kappa shape index (κ3) is 3.84. The lowest BCUT2D eigenvalue weighted by molar-refractivity contribution is 0.0746. The van der Waals surface area contributed by atoms with Gasteiger partial charge in [-0.05, 0) is 18.2 Å². The maximum Gasteiger partial charge on any atom is 0.254 e. The molecule has 0 spiro atoms. The summed E-state index contributed by atoms with van der Waals surface area (Å²) in [5.74, 6) is 2.72. The number of hydrogen-bond donors (Lipinski definition) is 0. The molecule has 0 unspecified atom stereocenters. The van der Waals surface area contributed by atoms with Gasteiger partial charge in [-0.25, -0.2) is 15.0 Å². The average Bonchev–Trinajstić information content (AvgIpc) is 3.33. The van der Waals surface area contributed by atoms with Crippen LogP contribution in [-0.4, -0.2) is 70.7 Å². The molecule has 4 rings (SSSR count). The number of ether oxygens (including phenoxy) is 2. The number of carbonyl (C=O) groups excluding carboxylic acids is 1. The van der Waals surface area contributed by atoms with Crippen LogP contribution in [0.3, 0.4) is 0 Å². The molecular formula is C20H22N6O3. The van der Waals surface area contributed by atoms with Crippen LogP contribution in [0.1, 0.15) is 10.4 Å². The molecule has 9 nitrogen and oxygen atoms in total. The highest BCUT2D eigenvalue weighted by molar-refractivity contribution is 5.95. The molecule has 0 N–H and O–H groups in total. The van der Waals surface area contributed by atoms with Crippen LogP contribution in [-0.2, 0) is 0 Å². The van der Waals surface area contributed by atoms with Gasteiger partial charge in [-0.1, -0.05) is 0 Å². The van der Waals surface area contributed by atoms with E-state index >= 15 is 0 Å². The first-order valence-corrected chi connectivity index (χ1v) is 9.26. The Morgan fingerprint density at radius 1 is 0.966 bits per heavy atom. The number of carbonyl (C=O) groups is 1. The van der Waals surface area contributed by atoms with Gasteiger partial charge in [-0.3, -0.25) is 9.36 Å². The van der Waals surface area contributed by atoms with Crippen molar-refractivity contribution in [2.45, 2.75) is 0 Å². The quantitative estimate of drug-likeness (QED) is 0.650. The maximum absolute atomic E-state index is 12.9. The van der Waals surface area contributed by atoms with Crippen LogP contribution in [0.5, 0.6) is 11.5 Å². The Balaban J connectivity index is 1.43. The van der Waals surface area contributed by atoms with Crippen LogP contribution >= 0.6 is 0 Å². The third-order valence-electron chi connectivity index (χ3n) is 4.93. The van der Waals surface area contributed by atoms with E-state index in [9.17, 15) is 4.79 Å². The molecule has 0 saturated carbocycles. The van der Waals surface area contributed by atoms with Crippen LogP contribution in [0.4, 0.5) is 5.82 Å². The number of benzene rings is 1. The number of methoxy groups -OCH3 is 2. The Morgan fingerprint density at radius 2 is 1.72 bits per heavy atom. The van der Waals surface area contributed by atoms with Crippen LogP contribution in [0.15, 0.2) is 49.3 Å². The van der Waals surface area contributed by atoms with Crippen molar-refractivity contribution < 1.29 is 14.3 Å². The summed E-state index contributed by atoms with van der Waals surface area (Å²) in [6, 6.07) is 7.15. The summed E-state index contributed by atoms with van der Waals surface area (Å²) >= 11 is 0. The maximum atomic E-state index is 12.9. The Morgan fingerprint density at radius 3 is 2.41 bits per heavy atom. The second-order valence-electron chi connectivity index (χ2n) is 6.55. The number of rotatable bonds is 5. The second kappa shape index (κ2) is 8.17. The molecule has 0 bridgehead atoms. The predicted octanol–water partition coefficient (Wildman–Crippen LogP) is 1.64. The Bertz CT molecular complexity index is 984. The first kappa shape index (κ1) is 18.7. The van der Waals surface area contributed by atoms with Crippen molar-refractivity contribution in [1.82, 2.24) is 24.4 Å². The van der Waals surface area contributed by atoms with E-state index in [0.29, 0.717) is 43.2 Å². The third-order valence-corrected chi connectivity index (χ3v) is 4.93. The first-order chi connectivity index (χ1) is 14.2. The molecule has 1 aromatic carbocycles. The normalized spacial score (nSPS) is 14.0. The van der Waals surface area contributed by atoms with Gasteiger partial charge >= 0.3 is 0 Å². The van der Waals surface area contributed by atoms with Crippen molar-refractivity contribution in [2.75, 3.05) is 45.3 Å². The van der Waals surface area contributed by atoms with Gasteiger partial charge in [0.2, 0.25) is 0 Å². The molecule has 0 aliphatic carbocycles. The van der Waals surface area contributed by atoms with Gasteiger partial charge in [0.1, 0.15) is 24.3 Å². The molecule has 3 heterocycles. The molecule has 0 radical (unpaired) electrons. The van der Waals surface area contributed by atoms with E-state index in [1.54, 1.807) is 51.3 Å². The van der Waals surface area contributed by atoms with Crippen molar-refractivity contribution in [1.29, 1.82) is 0 Å². The van der Waals surface area contributed by atoms with E-state index in [-0.39, 0.29) is 5.91 Å². The van der Waals surface area contributed by atoms with E-state index in [1.807, 2.05) is 21.7 Å². The Hall–Kier alpha value is -3.62. The average molecular weight is 394 g/mol. The fourth-order valence-electron chi connectivity index (χ4n) is 3.34. The summed E-state index contributed by atoms with van der Waals surface area (Å²) in [6.07, 6.45) is 6.80. The Labute approximate surface area is 168 Å². The van der Waals surface area contributed by atoms with Crippen LogP contribution in [0.2, 0.25) is 0 Å². The SMILES string of the molecule is COc1ccc(C(=O)N2CCN(c3cc(-n4ccnc4)ncn3)CC2)cc1OC. The molecule has 3 aromatic rings. The molecule has 1 aliphatic heterocycles. The van der Waals surface area contributed by atoms with E-state index < -0.39 is 0 Å². The van der Waals surface area contributed by atoms with E-state index in [0.717, 1.165) is 11.6 Å². The fraction of sp³-hybridized carbons (Fsp3) is 0.300. The van der Waals surface area contributed by atoms with Crippen molar-refractivity contribution >= 4 is 11.7 Å². The van der Waals surface area contributed by atoms with Gasteiger partial charge in [0.05, 0.1) is 14.2 Å². The summed E-state index contributed by atoms with van der Waals surface area (Å²) in [5.41, 5.74) is 0.584. The zero-order chi connectivity index (χ0) is 20.2. The minimum atomic E-state index is -0.0209. The highest BCUT2D eigenvalue weighted by Gasteiger charge is 2.24. The summed E-state index contributed by atoms with van der Waals surface area (Å²) < 4.78 is 12.4. The molecule has 1 fully saturated rings. The van der Waals surface area contributed by atoms with Crippen molar-refractivity contribution in [3.8, 4) is 17.3 Å². The number of anilines is 1. The topological polar surface area (TPSA) is 85.6 Å². The highest BCUT2D eigenvalue weighted by Crippen LogP contribution is 2.28. The fourth-order valence-corrected chi connectivity index (χ4v) is 3.34. The van der Waals surface area contributed by atoms with Crippen molar-refractivity contribution in [2.24, 2.45) is 0 Å². The summed E-state index contributed by atoms with van der Waals surface area (Å²) in [4.78, 5) is 29.6. The van der Waals surface area contributed by atoms with Gasteiger partial charge < -0.3 is 19.3 Å². The van der Waals surface area contributed by atoms with E-state index in [1.165, 1.54) is 0 Å². The number of nitrogens with zero attached hydrogens (tertiary/aromatic N) is 6. The molecule has 0 atom stereocenters. The van der Waals surface area contributed by atoms with Gasteiger partial charge in [0.25, 0.3) is 5.91 Å². The Kier molecular flexibility index (Phi) is 5.28. The molecule has 2 aromatic heterocycles. The lowest BCUT2D eigenvalue weighted by Gasteiger charge is -2.35. The summed E-state index contributed by atoms with van der Waals surface area (Å²) in [7, 11) is 3.13. The van der Waals surface area contributed by atoms with Crippen LogP contribution in [0.25, 0.3) is 5.82 Å². The van der Waals surface area contributed by atoms with Gasteiger partial charge in [0, 0.05) is 50.2 Å². The molecule has 9 heteroatoms. The largest absolute Gasteiger partial charge is 0.493 e. The van der Waals surface area contributed by atoms with Crippen molar-refractivity contribution in [3.05, 3.63) is 54.9 Å². The summed E-state index contributed by atoms with van der Waals surface area (Å²) in [6.45, 7) is 2.61. The zero-order valence-electron chi connectivity index (χ0n) is 16.4. The monoisotopic (exact) mass is 394 g/mol. The second-order valence-corrected chi connectivity index (χ2v) is 6.55. The number of hydrogen-bond acceptors (Lipinski definition) is 7. The molecule has 1 aliphatic rings. The molecule has 1 amide bonds. The predicted molar refractivity (Wildman–Crippen MR) is 107 cm³/mol. The zero-order valence-corrected chi connectivity index (χ0v) is 16.4. The number of imidazole rings is 1. The lowest BCUT2D eigenvalue weighted by atomic mass is 10.1. The molecule has 1 saturated heterocycles.